The number of carboxylic acid groups (broad SMARTS) is 1. The number of hydrogen-bond donors (Lipinski definition) is 1. The molecule has 114 valence electrons. The number of hydrogen-bond acceptors (Lipinski definition) is 7. The Balaban J connectivity index is 2.03. The lowest BCUT2D eigenvalue weighted by molar-refractivity contribution is -0.138. The molecule has 0 atom stereocenters. The monoisotopic (exact) mass is 359 g/mol. The molecule has 2 aromatic heterocycles. The van der Waals surface area contributed by atoms with Crippen LogP contribution in [-0.2, 0) is 16.1 Å². The van der Waals surface area contributed by atoms with E-state index in [9.17, 15) is 4.79 Å². The molecule has 1 N–H and O–H groups in total. The highest BCUT2D eigenvalue weighted by molar-refractivity contribution is 9.10. The minimum atomic E-state index is -0.930. The number of nitrogens with zero attached hydrogens (tertiary/aromatic N) is 3. The molecule has 21 heavy (non-hydrogen) atoms. The Morgan fingerprint density at radius 3 is 2.86 bits per heavy atom. The normalized spacial score (nSPS) is 11.2. The number of halogens is 1. The van der Waals surface area contributed by atoms with E-state index in [1.807, 2.05) is 0 Å². The second-order valence-electron chi connectivity index (χ2n) is 4.20. The van der Waals surface area contributed by atoms with Crippen LogP contribution in [0, 0.1) is 0 Å². The van der Waals surface area contributed by atoms with E-state index in [-0.39, 0.29) is 19.0 Å². The molecule has 0 aliphatic heterocycles. The first-order chi connectivity index (χ1) is 10.1. The van der Waals surface area contributed by atoms with Crippen molar-refractivity contribution >= 4 is 21.9 Å². The zero-order chi connectivity index (χ0) is 15.2. The molecule has 0 unspecified atom stereocenters. The van der Waals surface area contributed by atoms with Gasteiger partial charge in [-0.3, -0.25) is 9.69 Å². The van der Waals surface area contributed by atoms with Crippen LogP contribution in [0.4, 0.5) is 0 Å². The van der Waals surface area contributed by atoms with Crippen LogP contribution >= 0.6 is 15.9 Å². The highest BCUT2D eigenvalue weighted by Crippen LogP contribution is 2.23. The summed E-state index contributed by atoms with van der Waals surface area (Å²) in [6, 6.07) is 3.41. The second kappa shape index (κ2) is 7.34. The van der Waals surface area contributed by atoms with Crippen LogP contribution in [0.2, 0.25) is 0 Å². The highest BCUT2D eigenvalue weighted by atomic mass is 79.9. The third-order valence-corrected chi connectivity index (χ3v) is 3.01. The number of ether oxygens (including phenoxy) is 1. The van der Waals surface area contributed by atoms with Gasteiger partial charge in [-0.1, -0.05) is 0 Å². The Morgan fingerprint density at radius 1 is 1.43 bits per heavy atom. The topological polar surface area (TPSA) is 102 Å². The van der Waals surface area contributed by atoms with Crippen LogP contribution < -0.4 is 0 Å². The first-order valence-corrected chi connectivity index (χ1v) is 6.89. The van der Waals surface area contributed by atoms with Gasteiger partial charge in [0.1, 0.15) is 0 Å². The fourth-order valence-electron chi connectivity index (χ4n) is 1.66. The highest BCUT2D eigenvalue weighted by Gasteiger charge is 2.16. The Hall–Kier alpha value is -1.71. The molecule has 0 aliphatic rings. The van der Waals surface area contributed by atoms with Gasteiger partial charge in [0.2, 0.25) is 5.89 Å². The summed E-state index contributed by atoms with van der Waals surface area (Å²) in [5, 5.41) is 16.6. The van der Waals surface area contributed by atoms with Crippen molar-refractivity contribution in [2.75, 3.05) is 26.8 Å². The van der Waals surface area contributed by atoms with Crippen molar-refractivity contribution in [3.8, 4) is 11.7 Å². The van der Waals surface area contributed by atoms with Gasteiger partial charge in [0, 0.05) is 13.7 Å². The first kappa shape index (κ1) is 15.7. The molecule has 2 rings (SSSR count). The van der Waals surface area contributed by atoms with Gasteiger partial charge < -0.3 is 18.7 Å². The van der Waals surface area contributed by atoms with Crippen molar-refractivity contribution in [1.29, 1.82) is 0 Å². The molecule has 0 aromatic carbocycles. The summed E-state index contributed by atoms with van der Waals surface area (Å²) < 4.78 is 16.3. The van der Waals surface area contributed by atoms with E-state index < -0.39 is 5.97 Å². The van der Waals surface area contributed by atoms with Gasteiger partial charge in [-0.2, -0.15) is 0 Å². The number of aromatic nitrogens is 2. The Bertz CT molecular complexity index is 597. The average molecular weight is 360 g/mol. The van der Waals surface area contributed by atoms with Crippen LogP contribution in [0.25, 0.3) is 11.7 Å². The molecule has 0 amide bonds. The SMILES string of the molecule is COCCN(CC(=O)O)Cc1nnc(-c2ccc(Br)o2)o1. The number of furan rings is 1. The fraction of sp³-hybridized carbons (Fsp3) is 0.417. The smallest absolute Gasteiger partial charge is 0.317 e. The van der Waals surface area contributed by atoms with E-state index >= 15 is 0 Å². The van der Waals surface area contributed by atoms with Crippen molar-refractivity contribution < 1.29 is 23.5 Å². The maximum absolute atomic E-state index is 10.8. The predicted octanol–water partition coefficient (Wildman–Crippen LogP) is 1.63. The van der Waals surface area contributed by atoms with Gasteiger partial charge in [-0.05, 0) is 28.1 Å². The summed E-state index contributed by atoms with van der Waals surface area (Å²) >= 11 is 3.19. The van der Waals surface area contributed by atoms with Crippen molar-refractivity contribution in [3.63, 3.8) is 0 Å². The van der Waals surface area contributed by atoms with E-state index in [2.05, 4.69) is 26.1 Å². The largest absolute Gasteiger partial charge is 0.480 e. The van der Waals surface area contributed by atoms with Gasteiger partial charge in [0.25, 0.3) is 5.89 Å². The van der Waals surface area contributed by atoms with E-state index in [0.29, 0.717) is 29.5 Å². The van der Waals surface area contributed by atoms with Crippen LogP contribution in [0.1, 0.15) is 5.89 Å². The third-order valence-electron chi connectivity index (χ3n) is 2.58. The number of carboxylic acids is 1. The van der Waals surface area contributed by atoms with Crippen molar-refractivity contribution in [1.82, 2.24) is 15.1 Å². The van der Waals surface area contributed by atoms with Gasteiger partial charge >= 0.3 is 5.97 Å². The van der Waals surface area contributed by atoms with Crippen molar-refractivity contribution in [3.05, 3.63) is 22.7 Å². The van der Waals surface area contributed by atoms with Crippen LogP contribution in [0.5, 0.6) is 0 Å². The second-order valence-corrected chi connectivity index (χ2v) is 4.98. The lowest BCUT2D eigenvalue weighted by atomic mass is 10.4. The van der Waals surface area contributed by atoms with Crippen molar-refractivity contribution in [2.45, 2.75) is 6.54 Å². The molecule has 9 heteroatoms. The fourth-order valence-corrected chi connectivity index (χ4v) is 1.97. The van der Waals surface area contributed by atoms with Gasteiger partial charge in [-0.25, -0.2) is 0 Å². The molecule has 0 saturated heterocycles. The lowest BCUT2D eigenvalue weighted by Gasteiger charge is -2.17. The van der Waals surface area contributed by atoms with Gasteiger partial charge in [-0.15, -0.1) is 10.2 Å². The average Bonchev–Trinajstić information content (AvgIpc) is 3.04. The van der Waals surface area contributed by atoms with Crippen LogP contribution in [0.15, 0.2) is 25.6 Å². The predicted molar refractivity (Wildman–Crippen MR) is 74.5 cm³/mol. The number of rotatable bonds is 8. The standard InChI is InChI=1S/C12H14BrN3O5/c1-19-5-4-16(7-11(17)18)6-10-14-15-12(21-10)8-2-3-9(13)20-8/h2-3H,4-7H2,1H3,(H,17,18). The summed E-state index contributed by atoms with van der Waals surface area (Å²) in [6.07, 6.45) is 0. The summed E-state index contributed by atoms with van der Waals surface area (Å²) in [4.78, 5) is 12.5. The Labute approximate surface area is 128 Å². The minimum absolute atomic E-state index is 0.132. The molecule has 0 aliphatic carbocycles. The number of carbonyl (C=O) groups is 1. The molecule has 0 saturated carbocycles. The van der Waals surface area contributed by atoms with E-state index in [1.54, 1.807) is 24.1 Å². The number of aliphatic carboxylic acids is 1. The Morgan fingerprint density at radius 2 is 2.24 bits per heavy atom. The van der Waals surface area contributed by atoms with Gasteiger partial charge in [0.05, 0.1) is 19.7 Å². The number of methoxy groups -OCH3 is 1. The van der Waals surface area contributed by atoms with Crippen molar-refractivity contribution in [2.24, 2.45) is 0 Å². The molecular formula is C12H14BrN3O5. The zero-order valence-corrected chi connectivity index (χ0v) is 12.9. The molecular weight excluding hydrogens is 346 g/mol. The van der Waals surface area contributed by atoms with Gasteiger partial charge in [0.15, 0.2) is 10.4 Å². The first-order valence-electron chi connectivity index (χ1n) is 6.09. The lowest BCUT2D eigenvalue weighted by Crippen LogP contribution is -2.32. The summed E-state index contributed by atoms with van der Waals surface area (Å²) in [6.45, 7) is 0.962. The van der Waals surface area contributed by atoms with E-state index in [1.165, 1.54) is 0 Å². The van der Waals surface area contributed by atoms with Crippen LogP contribution in [0.3, 0.4) is 0 Å². The maximum atomic E-state index is 10.8. The molecule has 0 fully saturated rings. The molecule has 0 spiro atoms. The summed E-state index contributed by atoms with van der Waals surface area (Å²) in [5.41, 5.74) is 0. The third kappa shape index (κ3) is 4.66. The van der Waals surface area contributed by atoms with E-state index in [0.717, 1.165) is 0 Å². The molecule has 0 bridgehead atoms. The molecule has 2 heterocycles. The summed E-state index contributed by atoms with van der Waals surface area (Å²) in [7, 11) is 1.55. The quantitative estimate of drug-likeness (QED) is 0.758. The summed E-state index contributed by atoms with van der Waals surface area (Å²) in [5.74, 6) is 0.0794. The molecule has 2 aromatic rings. The minimum Gasteiger partial charge on any atom is -0.480 e. The van der Waals surface area contributed by atoms with Crippen LogP contribution in [-0.4, -0.2) is 53.0 Å². The van der Waals surface area contributed by atoms with E-state index in [4.69, 9.17) is 18.7 Å². The Kier molecular flexibility index (Phi) is 5.48. The molecule has 8 nitrogen and oxygen atoms in total. The zero-order valence-electron chi connectivity index (χ0n) is 11.3. The maximum Gasteiger partial charge on any atom is 0.317 e. The molecule has 0 radical (unpaired) electrons.